The minimum atomic E-state index is -2.37. The van der Waals surface area contributed by atoms with Crippen molar-refractivity contribution in [2.75, 3.05) is 27.9 Å². The molecule has 3 aliphatic heterocycles. The van der Waals surface area contributed by atoms with Gasteiger partial charge in [0.2, 0.25) is 5.79 Å². The van der Waals surface area contributed by atoms with Gasteiger partial charge in [0.1, 0.15) is 24.0 Å². The molecule has 0 aromatic carbocycles. The molecule has 60 heavy (non-hydrogen) atoms. The van der Waals surface area contributed by atoms with Crippen LogP contribution in [0.1, 0.15) is 137 Å². The van der Waals surface area contributed by atoms with Crippen LogP contribution in [0.15, 0.2) is 47.6 Å². The smallest absolute Gasteiger partial charge is 0.329 e. The molecule has 8 unspecified atom stereocenters. The first-order chi connectivity index (χ1) is 28.7. The van der Waals surface area contributed by atoms with Crippen molar-refractivity contribution in [3.63, 3.8) is 0 Å². The van der Waals surface area contributed by atoms with Gasteiger partial charge >= 0.3 is 5.97 Å². The van der Waals surface area contributed by atoms with Crippen molar-refractivity contribution in [2.24, 2.45) is 17.8 Å². The van der Waals surface area contributed by atoms with Crippen molar-refractivity contribution in [2.45, 2.75) is 185 Å². The highest BCUT2D eigenvalue weighted by Crippen LogP contribution is 2.37. The molecule has 12 heteroatoms. The number of hydrogen-bond donors (Lipinski definition) is 2. The number of fused-ring (bicyclic) bond motifs is 3. The predicted molar refractivity (Wildman–Crippen MR) is 230 cm³/mol. The second kappa shape index (κ2) is 24.6. The summed E-state index contributed by atoms with van der Waals surface area (Å²) in [6, 6.07) is -1.05. The van der Waals surface area contributed by atoms with Crippen LogP contribution in [-0.4, -0.2) is 115 Å². The first kappa shape index (κ1) is 49.7. The summed E-state index contributed by atoms with van der Waals surface area (Å²) in [5, 5.41) is 23.1. The van der Waals surface area contributed by atoms with E-state index in [0.29, 0.717) is 62.9 Å². The molecule has 11 atom stereocenters. The number of allylic oxidation sites excluding steroid dienone is 6. The van der Waals surface area contributed by atoms with Gasteiger partial charge in [-0.2, -0.15) is 0 Å². The Hall–Kier alpha value is -3.00. The fourth-order valence-corrected chi connectivity index (χ4v) is 9.33. The minimum Gasteiger partial charge on any atom is -0.460 e. The fraction of sp³-hybridized carbons (Fsp3) is 0.750. The van der Waals surface area contributed by atoms with Crippen LogP contribution >= 0.6 is 0 Å². The molecule has 2 N–H and O–H groups in total. The maximum Gasteiger partial charge on any atom is 0.329 e. The molecule has 2 bridgehead atoms. The highest BCUT2D eigenvalue weighted by molar-refractivity contribution is 6.39. The van der Waals surface area contributed by atoms with E-state index in [2.05, 4.69) is 13.0 Å². The third kappa shape index (κ3) is 14.3. The molecule has 3 heterocycles. The first-order valence-corrected chi connectivity index (χ1v) is 22.6. The van der Waals surface area contributed by atoms with Crippen LogP contribution in [0.25, 0.3) is 0 Å². The van der Waals surface area contributed by atoms with Crippen LogP contribution in [0.3, 0.4) is 0 Å². The van der Waals surface area contributed by atoms with Crippen molar-refractivity contribution >= 4 is 23.4 Å². The highest BCUT2D eigenvalue weighted by Gasteiger charge is 2.53. The molecule has 1 saturated carbocycles. The van der Waals surface area contributed by atoms with E-state index in [1.165, 1.54) is 4.90 Å². The predicted octanol–water partition coefficient (Wildman–Crippen LogP) is 7.29. The van der Waals surface area contributed by atoms with Gasteiger partial charge in [0.25, 0.3) is 11.7 Å². The lowest BCUT2D eigenvalue weighted by Gasteiger charge is -2.42. The van der Waals surface area contributed by atoms with Crippen LogP contribution in [0, 0.1) is 17.8 Å². The summed E-state index contributed by atoms with van der Waals surface area (Å²) in [7, 11) is 4.93. The second-order valence-corrected chi connectivity index (χ2v) is 18.0. The number of amides is 1. The van der Waals surface area contributed by atoms with Gasteiger partial charge < -0.3 is 38.8 Å². The number of methoxy groups -OCH3 is 3. The molecule has 4 rings (SSSR count). The summed E-state index contributed by atoms with van der Waals surface area (Å²) in [6.45, 7) is 7.74. The molecule has 4 aliphatic rings. The number of cyclic esters (lactones) is 1. The largest absolute Gasteiger partial charge is 0.460 e. The average molecular weight is 842 g/mol. The number of piperidine rings is 1. The van der Waals surface area contributed by atoms with Crippen LogP contribution in [0.2, 0.25) is 0 Å². The molecule has 1 amide bonds. The molecule has 1 aliphatic carbocycles. The van der Waals surface area contributed by atoms with Gasteiger partial charge in [-0.15, -0.1) is 0 Å². The van der Waals surface area contributed by atoms with Crippen molar-refractivity contribution < 1.29 is 53.1 Å². The number of esters is 1. The van der Waals surface area contributed by atoms with Crippen LogP contribution in [0.5, 0.6) is 0 Å². The van der Waals surface area contributed by atoms with Gasteiger partial charge in [0.15, 0.2) is 0 Å². The lowest BCUT2D eigenvalue weighted by atomic mass is 9.83. The lowest BCUT2D eigenvalue weighted by Crippen LogP contribution is -2.60. The Morgan fingerprint density at radius 2 is 1.62 bits per heavy atom. The second-order valence-electron chi connectivity index (χ2n) is 18.0. The van der Waals surface area contributed by atoms with E-state index in [1.54, 1.807) is 41.3 Å². The molecule has 2 saturated heterocycles. The zero-order valence-electron chi connectivity index (χ0n) is 37.5. The van der Waals surface area contributed by atoms with Crippen LogP contribution < -0.4 is 0 Å². The summed E-state index contributed by atoms with van der Waals surface area (Å²) < 4.78 is 29.5. The Labute approximate surface area is 359 Å². The quantitative estimate of drug-likeness (QED) is 0.157. The summed E-state index contributed by atoms with van der Waals surface area (Å²) in [5.41, 5.74) is 1.58. The number of nitrogens with zero attached hydrogens (tertiary/aromatic N) is 1. The Kier molecular flexibility index (Phi) is 20.3. The standard InChI is InChI=1S/C48H75NO11/c1-32-16-11-9-8-10-12-17-33(2)42(57-6)31-40-25-22-35(4)48(55,60-40)45(52)46(53)49-27-14-13-20-41(49)47(54)59-39(26-23-36-18-15-19-38(29-36)56-5)30-37(50)24-21-34(3)44(51)43(28-32)58-7/h8-10,12,17,21,32,35-36,38-44,51,55H,11,13-16,18-20,22-31H2,1-7H3/b9-8+,12-10+,33-17+,34-21+/t32?,35?,36?,38?,39-,40?,41?,42+,43+,44?,48?/m1/s1. The Morgan fingerprint density at radius 3 is 2.35 bits per heavy atom. The van der Waals surface area contributed by atoms with Crippen LogP contribution in [0.4, 0.5) is 0 Å². The lowest BCUT2D eigenvalue weighted by molar-refractivity contribution is -0.265. The maximum absolute atomic E-state index is 14.1. The van der Waals surface area contributed by atoms with E-state index in [-0.39, 0.29) is 43.3 Å². The zero-order valence-corrected chi connectivity index (χ0v) is 37.5. The van der Waals surface area contributed by atoms with Crippen molar-refractivity contribution in [1.82, 2.24) is 4.90 Å². The van der Waals surface area contributed by atoms with E-state index < -0.39 is 59.8 Å². The van der Waals surface area contributed by atoms with E-state index in [9.17, 15) is 29.4 Å². The third-order valence-electron chi connectivity index (χ3n) is 13.4. The molecule has 0 spiro atoms. The van der Waals surface area contributed by atoms with E-state index in [0.717, 1.165) is 50.5 Å². The molecule has 3 fully saturated rings. The summed E-state index contributed by atoms with van der Waals surface area (Å²) in [6.07, 6.45) is 19.4. The van der Waals surface area contributed by atoms with Gasteiger partial charge in [-0.05, 0) is 114 Å². The third-order valence-corrected chi connectivity index (χ3v) is 13.4. The number of carbonyl (C=O) groups excluding carboxylic acids is 4. The van der Waals surface area contributed by atoms with Gasteiger partial charge in [0.05, 0.1) is 24.4 Å². The Morgan fingerprint density at radius 1 is 0.833 bits per heavy atom. The number of rotatable bonds is 6. The summed E-state index contributed by atoms with van der Waals surface area (Å²) in [4.78, 5) is 57.1. The number of aliphatic hydroxyl groups is 2. The number of aliphatic hydroxyl groups excluding tert-OH is 1. The van der Waals surface area contributed by atoms with E-state index in [4.69, 9.17) is 23.7 Å². The monoisotopic (exact) mass is 842 g/mol. The molecule has 338 valence electrons. The number of hydrogen-bond acceptors (Lipinski definition) is 11. The maximum atomic E-state index is 14.1. The number of ketones is 2. The highest BCUT2D eigenvalue weighted by atomic mass is 16.6. The minimum absolute atomic E-state index is 0.0251. The number of ether oxygens (including phenoxy) is 5. The summed E-state index contributed by atoms with van der Waals surface area (Å²) >= 11 is 0. The number of Topliss-reactive ketones (excluding diaryl/α,β-unsaturated/α-hetero) is 2. The molecule has 0 aromatic heterocycles. The fourth-order valence-electron chi connectivity index (χ4n) is 9.33. The normalized spacial score (nSPS) is 38.5. The van der Waals surface area contributed by atoms with Crippen molar-refractivity contribution in [3.05, 3.63) is 47.6 Å². The Balaban J connectivity index is 1.61. The molecular formula is C48H75NO11. The zero-order chi connectivity index (χ0) is 43.8. The molecular weight excluding hydrogens is 767 g/mol. The molecule has 12 nitrogen and oxygen atoms in total. The first-order valence-electron chi connectivity index (χ1n) is 22.6. The van der Waals surface area contributed by atoms with Crippen molar-refractivity contribution in [1.29, 1.82) is 0 Å². The van der Waals surface area contributed by atoms with Gasteiger partial charge in [0, 0.05) is 53.1 Å². The summed E-state index contributed by atoms with van der Waals surface area (Å²) in [5.74, 6) is -5.26. The van der Waals surface area contributed by atoms with E-state index in [1.807, 2.05) is 31.2 Å². The topological polar surface area (TPSA) is 158 Å². The SMILES string of the molecule is COC1CCCC(CC[C@@H]2CC(=O)C/C=C(\C)C(O)[C@@H](OC)CC(C)CC/C=C/C=C/C=C(\C)[C@@H](OC)CC3CCC(C)C(O)(O3)C(=O)C(=O)N3CCCCC3C(=O)O2)C1. The van der Waals surface area contributed by atoms with E-state index >= 15 is 0 Å². The van der Waals surface area contributed by atoms with Crippen molar-refractivity contribution in [3.8, 4) is 0 Å². The Bertz CT molecular complexity index is 1540. The average Bonchev–Trinajstić information content (AvgIpc) is 3.25. The molecule has 0 radical (unpaired) electrons. The molecule has 0 aromatic rings. The number of carbonyl (C=O) groups is 4. The van der Waals surface area contributed by atoms with Crippen LogP contribution in [-0.2, 0) is 42.9 Å². The van der Waals surface area contributed by atoms with Gasteiger partial charge in [-0.1, -0.05) is 63.1 Å². The van der Waals surface area contributed by atoms with Gasteiger partial charge in [-0.3, -0.25) is 14.4 Å². The van der Waals surface area contributed by atoms with Gasteiger partial charge in [-0.25, -0.2) is 4.79 Å².